The molecule has 0 radical (unpaired) electrons. The van der Waals surface area contributed by atoms with Crippen LogP contribution in [0.1, 0.15) is 23.3 Å². The molecule has 1 N–H and O–H groups in total. The van der Waals surface area contributed by atoms with Crippen molar-refractivity contribution in [3.8, 4) is 11.5 Å². The Morgan fingerprint density at radius 2 is 2.08 bits per heavy atom. The molecule has 0 bridgehead atoms. The summed E-state index contributed by atoms with van der Waals surface area (Å²) in [5.41, 5.74) is 0.266. The molecule has 4 rings (SSSR count). The van der Waals surface area contributed by atoms with E-state index in [2.05, 4.69) is 20.4 Å². The van der Waals surface area contributed by atoms with Gasteiger partial charge in [0.05, 0.1) is 6.26 Å². The number of hydrogen-bond acceptors (Lipinski definition) is 6. The third-order valence-corrected chi connectivity index (χ3v) is 4.65. The van der Waals surface area contributed by atoms with E-state index in [0.29, 0.717) is 24.0 Å². The maximum atomic E-state index is 12.3. The first-order valence-electron chi connectivity index (χ1n) is 8.74. The highest BCUT2D eigenvalue weighted by Crippen LogP contribution is 2.22. The zero-order valence-corrected chi connectivity index (χ0v) is 14.3. The number of nitrogens with one attached hydrogen (secondary N) is 1. The number of rotatable bonds is 5. The Bertz CT molecular complexity index is 837. The number of anilines is 1. The number of amides is 1. The summed E-state index contributed by atoms with van der Waals surface area (Å²) in [6.07, 6.45) is 5.41. The Kier molecular flexibility index (Phi) is 4.68. The van der Waals surface area contributed by atoms with Crippen LogP contribution in [0.3, 0.4) is 0 Å². The lowest BCUT2D eigenvalue weighted by Gasteiger charge is -2.32. The van der Waals surface area contributed by atoms with Crippen molar-refractivity contribution in [2.75, 3.05) is 24.5 Å². The van der Waals surface area contributed by atoms with Gasteiger partial charge >= 0.3 is 0 Å². The molecular weight excluding hydrogens is 332 g/mol. The highest BCUT2D eigenvalue weighted by molar-refractivity contribution is 5.92. The first kappa shape index (κ1) is 16.4. The van der Waals surface area contributed by atoms with Crippen molar-refractivity contribution in [1.29, 1.82) is 0 Å². The highest BCUT2D eigenvalue weighted by atomic mass is 16.5. The van der Waals surface area contributed by atoms with Gasteiger partial charge in [-0.25, -0.2) is 4.98 Å². The topological polar surface area (TPSA) is 84.4 Å². The van der Waals surface area contributed by atoms with Gasteiger partial charge in [0.2, 0.25) is 5.76 Å². The normalized spacial score (nSPS) is 15.2. The molecule has 134 valence electrons. The first-order chi connectivity index (χ1) is 12.8. The molecule has 4 heterocycles. The van der Waals surface area contributed by atoms with E-state index in [1.54, 1.807) is 24.5 Å². The Balaban J connectivity index is 1.27. The van der Waals surface area contributed by atoms with Gasteiger partial charge < -0.3 is 19.2 Å². The molecule has 7 nitrogen and oxygen atoms in total. The molecule has 1 fully saturated rings. The van der Waals surface area contributed by atoms with E-state index in [4.69, 9.17) is 8.94 Å². The molecule has 1 aliphatic rings. The molecule has 3 aromatic rings. The van der Waals surface area contributed by atoms with Gasteiger partial charge in [0.1, 0.15) is 5.82 Å². The van der Waals surface area contributed by atoms with Crippen LogP contribution in [-0.2, 0) is 0 Å². The van der Waals surface area contributed by atoms with Crippen LogP contribution in [0.25, 0.3) is 11.5 Å². The number of furan rings is 1. The molecule has 26 heavy (non-hydrogen) atoms. The Hall–Kier alpha value is -3.09. The zero-order valence-electron chi connectivity index (χ0n) is 14.3. The van der Waals surface area contributed by atoms with Gasteiger partial charge in [-0.1, -0.05) is 11.2 Å². The summed E-state index contributed by atoms with van der Waals surface area (Å²) >= 11 is 0. The summed E-state index contributed by atoms with van der Waals surface area (Å²) in [7, 11) is 0. The second kappa shape index (κ2) is 7.43. The van der Waals surface area contributed by atoms with E-state index < -0.39 is 0 Å². The van der Waals surface area contributed by atoms with E-state index >= 15 is 0 Å². The van der Waals surface area contributed by atoms with E-state index in [1.807, 2.05) is 24.4 Å². The van der Waals surface area contributed by atoms with Crippen molar-refractivity contribution < 1.29 is 13.7 Å². The molecular formula is C19H20N4O3. The van der Waals surface area contributed by atoms with Gasteiger partial charge in [0.15, 0.2) is 11.5 Å². The van der Waals surface area contributed by atoms with E-state index in [9.17, 15) is 4.79 Å². The summed E-state index contributed by atoms with van der Waals surface area (Å²) in [5, 5.41) is 6.78. The summed E-state index contributed by atoms with van der Waals surface area (Å²) in [6.45, 7) is 2.53. The Morgan fingerprint density at radius 1 is 1.19 bits per heavy atom. The van der Waals surface area contributed by atoms with E-state index in [1.165, 1.54) is 0 Å². The maximum Gasteiger partial charge on any atom is 0.273 e. The van der Waals surface area contributed by atoms with Gasteiger partial charge in [-0.2, -0.15) is 0 Å². The molecule has 7 heteroatoms. The fourth-order valence-electron chi connectivity index (χ4n) is 3.15. The number of carbonyl (C=O) groups is 1. The van der Waals surface area contributed by atoms with Crippen molar-refractivity contribution in [2.24, 2.45) is 5.92 Å². The maximum absolute atomic E-state index is 12.3. The molecule has 0 aromatic carbocycles. The number of hydrogen-bond donors (Lipinski definition) is 1. The van der Waals surface area contributed by atoms with E-state index in [-0.39, 0.29) is 11.6 Å². The van der Waals surface area contributed by atoms with Crippen LogP contribution < -0.4 is 10.2 Å². The average molecular weight is 352 g/mol. The molecule has 0 saturated carbocycles. The van der Waals surface area contributed by atoms with Crippen molar-refractivity contribution >= 4 is 11.7 Å². The van der Waals surface area contributed by atoms with E-state index in [0.717, 1.165) is 31.7 Å². The first-order valence-corrected chi connectivity index (χ1v) is 8.74. The number of nitrogens with zero attached hydrogens (tertiary/aromatic N) is 3. The van der Waals surface area contributed by atoms with Crippen LogP contribution in [0, 0.1) is 5.92 Å². The lowest BCUT2D eigenvalue weighted by molar-refractivity contribution is 0.0936. The molecule has 0 atom stereocenters. The summed E-state index contributed by atoms with van der Waals surface area (Å²) in [4.78, 5) is 18.9. The summed E-state index contributed by atoms with van der Waals surface area (Å²) in [5.74, 6) is 2.25. The van der Waals surface area contributed by atoms with Crippen LogP contribution >= 0.6 is 0 Å². The monoisotopic (exact) mass is 352 g/mol. The third-order valence-electron chi connectivity index (χ3n) is 4.65. The van der Waals surface area contributed by atoms with Crippen LogP contribution in [0.5, 0.6) is 0 Å². The predicted octanol–water partition coefficient (Wildman–Crippen LogP) is 2.98. The lowest BCUT2D eigenvalue weighted by atomic mass is 9.96. The Morgan fingerprint density at radius 3 is 2.81 bits per heavy atom. The fraction of sp³-hybridized carbons (Fsp3) is 0.316. The average Bonchev–Trinajstić information content (AvgIpc) is 3.39. The minimum Gasteiger partial charge on any atom is -0.461 e. The van der Waals surface area contributed by atoms with Crippen LogP contribution in [-0.4, -0.2) is 35.7 Å². The van der Waals surface area contributed by atoms with Gasteiger partial charge in [-0.05, 0) is 43.0 Å². The minimum atomic E-state index is -0.223. The number of carbonyl (C=O) groups excluding carboxylic acids is 1. The smallest absolute Gasteiger partial charge is 0.273 e. The number of pyridine rings is 1. The molecule has 1 aliphatic heterocycles. The quantitative estimate of drug-likeness (QED) is 0.760. The van der Waals surface area contributed by atoms with Gasteiger partial charge in [0.25, 0.3) is 5.91 Å². The van der Waals surface area contributed by atoms with Gasteiger partial charge in [0, 0.05) is 31.9 Å². The van der Waals surface area contributed by atoms with Crippen molar-refractivity contribution in [3.05, 3.63) is 54.6 Å². The molecule has 1 saturated heterocycles. The van der Waals surface area contributed by atoms with Crippen molar-refractivity contribution in [2.45, 2.75) is 12.8 Å². The predicted molar refractivity (Wildman–Crippen MR) is 95.7 cm³/mol. The second-order valence-electron chi connectivity index (χ2n) is 6.38. The largest absolute Gasteiger partial charge is 0.461 e. The summed E-state index contributed by atoms with van der Waals surface area (Å²) < 4.78 is 10.4. The molecule has 0 aliphatic carbocycles. The standard InChI is InChI=1S/C19H20N4O3/c24-19(15-12-17(26-22-15)16-4-3-11-25-16)21-13-14-6-9-23(10-7-14)18-5-1-2-8-20-18/h1-5,8,11-12,14H,6-7,9-10,13H2,(H,21,24). The van der Waals surface area contributed by atoms with Crippen molar-refractivity contribution in [3.63, 3.8) is 0 Å². The van der Waals surface area contributed by atoms with Crippen LogP contribution in [0.2, 0.25) is 0 Å². The molecule has 0 spiro atoms. The SMILES string of the molecule is O=C(NCC1CCN(c2ccccn2)CC1)c1cc(-c2ccco2)on1. The minimum absolute atomic E-state index is 0.223. The Labute approximate surface area is 151 Å². The number of piperidine rings is 1. The number of aromatic nitrogens is 2. The molecule has 1 amide bonds. The molecule has 0 unspecified atom stereocenters. The lowest BCUT2D eigenvalue weighted by Crippen LogP contribution is -2.39. The van der Waals surface area contributed by atoms with Gasteiger partial charge in [-0.3, -0.25) is 4.79 Å². The second-order valence-corrected chi connectivity index (χ2v) is 6.38. The van der Waals surface area contributed by atoms with Crippen LogP contribution in [0.15, 0.2) is 57.8 Å². The zero-order chi connectivity index (χ0) is 17.8. The van der Waals surface area contributed by atoms with Gasteiger partial charge in [-0.15, -0.1) is 0 Å². The van der Waals surface area contributed by atoms with Crippen LogP contribution in [0.4, 0.5) is 5.82 Å². The third kappa shape index (κ3) is 3.61. The fourth-order valence-corrected chi connectivity index (χ4v) is 3.15. The van der Waals surface area contributed by atoms with Crippen molar-refractivity contribution in [1.82, 2.24) is 15.5 Å². The molecule has 3 aromatic heterocycles. The highest BCUT2D eigenvalue weighted by Gasteiger charge is 2.21. The summed E-state index contributed by atoms with van der Waals surface area (Å²) in [6, 6.07) is 11.1.